The van der Waals surface area contributed by atoms with E-state index >= 15 is 0 Å². The van der Waals surface area contributed by atoms with Crippen molar-refractivity contribution in [3.63, 3.8) is 0 Å². The zero-order valence-electron chi connectivity index (χ0n) is 14.7. The number of benzene rings is 1. The molecule has 6 nitrogen and oxygen atoms in total. The van der Waals surface area contributed by atoms with Crippen molar-refractivity contribution in [1.29, 1.82) is 0 Å². The average Bonchev–Trinajstić information content (AvgIpc) is 3.11. The summed E-state index contributed by atoms with van der Waals surface area (Å²) in [6.07, 6.45) is 1.41. The summed E-state index contributed by atoms with van der Waals surface area (Å²) in [5.74, 6) is -0.480. The van der Waals surface area contributed by atoms with Gasteiger partial charge in [0.2, 0.25) is 0 Å². The topological polar surface area (TPSA) is 70.4 Å². The lowest BCUT2D eigenvalue weighted by Crippen LogP contribution is -2.29. The number of carbonyl (C=O) groups excluding carboxylic acids is 1. The molecule has 0 saturated carbocycles. The summed E-state index contributed by atoms with van der Waals surface area (Å²) < 4.78 is 11.6. The predicted molar refractivity (Wildman–Crippen MR) is 101 cm³/mol. The molecule has 3 rings (SSSR count). The van der Waals surface area contributed by atoms with E-state index in [1.165, 1.54) is 22.2 Å². The predicted octanol–water partition coefficient (Wildman–Crippen LogP) is 3.27. The lowest BCUT2D eigenvalue weighted by atomic mass is 10.2. The van der Waals surface area contributed by atoms with Crippen molar-refractivity contribution in [2.75, 3.05) is 19.8 Å². The molecule has 0 aliphatic heterocycles. The van der Waals surface area contributed by atoms with Gasteiger partial charge in [0.05, 0.1) is 18.3 Å². The molecule has 26 heavy (non-hydrogen) atoms. The standard InChI is InChI=1S/C19H20N2O4S/c1-3-24-9-10-25-19(23)13(2)21-12-20-17-15(18(21)22)11-16(26-17)14-7-5-4-6-8-14/h4-8,11-13H,3,9-10H2,1-2H3/t13-/m1/s1. The highest BCUT2D eigenvalue weighted by Crippen LogP contribution is 2.30. The summed E-state index contributed by atoms with van der Waals surface area (Å²) in [5, 5.41) is 0.505. The van der Waals surface area contributed by atoms with Crippen molar-refractivity contribution in [1.82, 2.24) is 9.55 Å². The molecule has 0 unspecified atom stereocenters. The van der Waals surface area contributed by atoms with Crippen LogP contribution in [0.1, 0.15) is 19.9 Å². The van der Waals surface area contributed by atoms with Crippen molar-refractivity contribution in [3.05, 3.63) is 53.1 Å². The van der Waals surface area contributed by atoms with E-state index in [4.69, 9.17) is 9.47 Å². The van der Waals surface area contributed by atoms with Gasteiger partial charge in [0, 0.05) is 11.5 Å². The fraction of sp³-hybridized carbons (Fsp3) is 0.316. The third-order valence-corrected chi connectivity index (χ3v) is 5.06. The zero-order chi connectivity index (χ0) is 18.5. The number of aromatic nitrogens is 2. The fourth-order valence-electron chi connectivity index (χ4n) is 2.54. The Bertz CT molecular complexity index is 949. The summed E-state index contributed by atoms with van der Waals surface area (Å²) in [4.78, 5) is 30.9. The highest BCUT2D eigenvalue weighted by Gasteiger charge is 2.20. The van der Waals surface area contributed by atoms with Gasteiger partial charge in [-0.1, -0.05) is 30.3 Å². The molecule has 3 aromatic rings. The number of hydrogen-bond donors (Lipinski definition) is 0. The van der Waals surface area contributed by atoms with Crippen LogP contribution in [0.3, 0.4) is 0 Å². The molecule has 0 spiro atoms. The van der Waals surface area contributed by atoms with Gasteiger partial charge >= 0.3 is 5.97 Å². The number of fused-ring (bicyclic) bond motifs is 1. The van der Waals surface area contributed by atoms with Crippen molar-refractivity contribution in [3.8, 4) is 10.4 Å². The number of nitrogens with zero attached hydrogens (tertiary/aromatic N) is 2. The first-order valence-electron chi connectivity index (χ1n) is 8.42. The van der Waals surface area contributed by atoms with Gasteiger partial charge in [-0.05, 0) is 25.5 Å². The maximum atomic E-state index is 12.8. The lowest BCUT2D eigenvalue weighted by molar-refractivity contribution is -0.148. The van der Waals surface area contributed by atoms with Crippen LogP contribution in [0.4, 0.5) is 0 Å². The Hall–Kier alpha value is -2.51. The van der Waals surface area contributed by atoms with Gasteiger partial charge in [-0.3, -0.25) is 9.36 Å². The Morgan fingerprint density at radius 2 is 2.04 bits per heavy atom. The molecule has 0 fully saturated rings. The molecular formula is C19H20N2O4S. The van der Waals surface area contributed by atoms with Crippen molar-refractivity contribution in [2.24, 2.45) is 0 Å². The van der Waals surface area contributed by atoms with Crippen LogP contribution in [0.15, 0.2) is 47.5 Å². The molecule has 136 valence electrons. The molecule has 7 heteroatoms. The Kier molecular flexibility index (Phi) is 5.80. The van der Waals surface area contributed by atoms with E-state index in [2.05, 4.69) is 4.98 Å². The molecule has 1 atom stereocenters. The Morgan fingerprint density at radius 1 is 1.27 bits per heavy atom. The second-order valence-corrected chi connectivity index (χ2v) is 6.72. The molecule has 0 aliphatic carbocycles. The van der Waals surface area contributed by atoms with Crippen LogP contribution in [-0.2, 0) is 14.3 Å². The number of esters is 1. The van der Waals surface area contributed by atoms with Crippen LogP contribution in [-0.4, -0.2) is 35.3 Å². The number of rotatable bonds is 7. The second kappa shape index (κ2) is 8.25. The number of ether oxygens (including phenoxy) is 2. The first-order chi connectivity index (χ1) is 12.6. The molecule has 0 radical (unpaired) electrons. The Morgan fingerprint density at radius 3 is 2.77 bits per heavy atom. The van der Waals surface area contributed by atoms with Gasteiger partial charge in [-0.25, -0.2) is 9.78 Å². The van der Waals surface area contributed by atoms with Gasteiger partial charge in [0.15, 0.2) is 0 Å². The third kappa shape index (κ3) is 3.84. The SMILES string of the molecule is CCOCCOC(=O)[C@@H](C)n1cnc2sc(-c3ccccc3)cc2c1=O. The van der Waals surface area contributed by atoms with Crippen molar-refractivity contribution in [2.45, 2.75) is 19.9 Å². The third-order valence-electron chi connectivity index (χ3n) is 3.97. The highest BCUT2D eigenvalue weighted by molar-refractivity contribution is 7.21. The molecule has 1 aromatic carbocycles. The van der Waals surface area contributed by atoms with Crippen LogP contribution in [0.25, 0.3) is 20.7 Å². The number of hydrogen-bond acceptors (Lipinski definition) is 6. The largest absolute Gasteiger partial charge is 0.462 e. The zero-order valence-corrected chi connectivity index (χ0v) is 15.5. The van der Waals surface area contributed by atoms with Crippen molar-refractivity contribution < 1.29 is 14.3 Å². The molecule has 2 heterocycles. The van der Waals surface area contributed by atoms with Gasteiger partial charge in [-0.15, -0.1) is 11.3 Å². The summed E-state index contributed by atoms with van der Waals surface area (Å²) >= 11 is 1.46. The van der Waals surface area contributed by atoms with E-state index < -0.39 is 12.0 Å². The Labute approximate surface area is 155 Å². The fourth-order valence-corrected chi connectivity index (χ4v) is 3.53. The molecule has 0 aliphatic rings. The Balaban J connectivity index is 1.85. The molecule has 0 N–H and O–H groups in total. The number of carbonyl (C=O) groups is 1. The normalized spacial score (nSPS) is 12.2. The first-order valence-corrected chi connectivity index (χ1v) is 9.24. The van der Waals surface area contributed by atoms with E-state index in [0.29, 0.717) is 23.4 Å². The maximum Gasteiger partial charge on any atom is 0.329 e. The van der Waals surface area contributed by atoms with Gasteiger partial charge < -0.3 is 9.47 Å². The van der Waals surface area contributed by atoms with E-state index in [0.717, 1.165) is 10.4 Å². The number of thiophene rings is 1. The monoisotopic (exact) mass is 372 g/mol. The van der Waals surface area contributed by atoms with Crippen LogP contribution in [0, 0.1) is 0 Å². The van der Waals surface area contributed by atoms with Gasteiger partial charge in [-0.2, -0.15) is 0 Å². The van der Waals surface area contributed by atoms with E-state index in [9.17, 15) is 9.59 Å². The minimum absolute atomic E-state index is 0.165. The maximum absolute atomic E-state index is 12.8. The van der Waals surface area contributed by atoms with E-state index in [1.807, 2.05) is 43.3 Å². The van der Waals surface area contributed by atoms with E-state index in [1.54, 1.807) is 6.92 Å². The minimum atomic E-state index is -0.749. The van der Waals surface area contributed by atoms with Crippen LogP contribution in [0.5, 0.6) is 0 Å². The van der Waals surface area contributed by atoms with Gasteiger partial charge in [0.1, 0.15) is 17.5 Å². The van der Waals surface area contributed by atoms with Gasteiger partial charge in [0.25, 0.3) is 5.56 Å². The summed E-state index contributed by atoms with van der Waals surface area (Å²) in [7, 11) is 0. The van der Waals surface area contributed by atoms with Crippen LogP contribution >= 0.6 is 11.3 Å². The average molecular weight is 372 g/mol. The molecule has 0 bridgehead atoms. The van der Waals surface area contributed by atoms with Crippen LogP contribution < -0.4 is 5.56 Å². The second-order valence-electron chi connectivity index (χ2n) is 5.69. The van der Waals surface area contributed by atoms with Crippen LogP contribution in [0.2, 0.25) is 0 Å². The summed E-state index contributed by atoms with van der Waals surface area (Å²) in [6.45, 7) is 4.57. The van der Waals surface area contributed by atoms with E-state index in [-0.39, 0.29) is 12.2 Å². The quantitative estimate of drug-likeness (QED) is 0.470. The molecular weight excluding hydrogens is 352 g/mol. The smallest absolute Gasteiger partial charge is 0.329 e. The lowest BCUT2D eigenvalue weighted by Gasteiger charge is -2.13. The summed E-state index contributed by atoms with van der Waals surface area (Å²) in [6, 6.07) is 10.9. The highest BCUT2D eigenvalue weighted by atomic mass is 32.1. The molecule has 2 aromatic heterocycles. The molecule has 0 amide bonds. The minimum Gasteiger partial charge on any atom is -0.462 e. The van der Waals surface area contributed by atoms with Crippen molar-refractivity contribution >= 4 is 27.5 Å². The summed E-state index contributed by atoms with van der Waals surface area (Å²) in [5.41, 5.74) is 0.785. The molecule has 0 saturated heterocycles. The first kappa shape index (κ1) is 18.3.